The molecule has 2 heterocycles. The van der Waals surface area contributed by atoms with Crippen LogP contribution in [0.4, 0.5) is 5.82 Å². The fraction of sp³-hybridized carbons (Fsp3) is 0.250. The van der Waals surface area contributed by atoms with Crippen LogP contribution in [0.1, 0.15) is 4.88 Å². The van der Waals surface area contributed by atoms with Gasteiger partial charge in [0.25, 0.3) is 10.0 Å². The second-order valence-corrected chi connectivity index (χ2v) is 7.50. The van der Waals surface area contributed by atoms with Gasteiger partial charge in [0.2, 0.25) is 0 Å². The molecule has 0 fully saturated rings. The van der Waals surface area contributed by atoms with Crippen LogP contribution < -0.4 is 10.0 Å². The zero-order valence-electron chi connectivity index (χ0n) is 10.8. The van der Waals surface area contributed by atoms with Crippen LogP contribution in [0, 0.1) is 0 Å². The highest BCUT2D eigenvalue weighted by molar-refractivity contribution is 7.94. The molecule has 2 aromatic heterocycles. The van der Waals surface area contributed by atoms with Gasteiger partial charge in [0.15, 0.2) is 5.82 Å². The number of rotatable bonds is 6. The Kier molecular flexibility index (Phi) is 4.98. The zero-order valence-corrected chi connectivity index (χ0v) is 13.1. The van der Waals surface area contributed by atoms with Gasteiger partial charge in [0.05, 0.1) is 5.02 Å². The predicted molar refractivity (Wildman–Crippen MR) is 82.0 cm³/mol. The van der Waals surface area contributed by atoms with Crippen molar-refractivity contribution in [3.05, 3.63) is 40.4 Å². The van der Waals surface area contributed by atoms with Gasteiger partial charge in [-0.1, -0.05) is 11.6 Å². The Morgan fingerprint density at radius 3 is 2.85 bits per heavy atom. The molecule has 0 saturated carbocycles. The summed E-state index contributed by atoms with van der Waals surface area (Å²) in [5.74, 6) is 0.138. The van der Waals surface area contributed by atoms with Gasteiger partial charge in [0, 0.05) is 11.1 Å². The second kappa shape index (κ2) is 6.53. The summed E-state index contributed by atoms with van der Waals surface area (Å²) in [6.45, 7) is 0.805. The van der Waals surface area contributed by atoms with E-state index < -0.39 is 10.0 Å². The molecule has 0 radical (unpaired) electrons. The summed E-state index contributed by atoms with van der Waals surface area (Å²) in [5.41, 5.74) is 0. The van der Waals surface area contributed by atoms with Crippen molar-refractivity contribution in [3.8, 4) is 0 Å². The topological polar surface area (TPSA) is 71.1 Å². The molecule has 0 aliphatic heterocycles. The van der Waals surface area contributed by atoms with E-state index in [1.807, 2.05) is 13.1 Å². The number of aromatic nitrogens is 1. The highest BCUT2D eigenvalue weighted by atomic mass is 35.5. The smallest absolute Gasteiger partial charge is 0.272 e. The number of anilines is 1. The quantitative estimate of drug-likeness (QED) is 0.852. The van der Waals surface area contributed by atoms with Gasteiger partial charge in [-0.25, -0.2) is 13.4 Å². The standard InChI is InChI=1S/C12H14ClN3O2S2/c1-14-8-6-9-4-5-11(19-9)20(17,18)16-12-10(13)3-2-7-15-12/h2-5,7,14H,6,8H2,1H3,(H,15,16). The maximum absolute atomic E-state index is 12.2. The highest BCUT2D eigenvalue weighted by Gasteiger charge is 2.18. The summed E-state index contributed by atoms with van der Waals surface area (Å²) in [4.78, 5) is 4.92. The highest BCUT2D eigenvalue weighted by Crippen LogP contribution is 2.26. The van der Waals surface area contributed by atoms with Crippen LogP contribution in [0.5, 0.6) is 0 Å². The van der Waals surface area contributed by atoms with Gasteiger partial charge >= 0.3 is 0 Å². The Hall–Kier alpha value is -1.15. The number of nitrogens with one attached hydrogen (secondary N) is 2. The summed E-state index contributed by atoms with van der Waals surface area (Å²) in [6.07, 6.45) is 2.28. The van der Waals surface area contributed by atoms with Crippen molar-refractivity contribution in [1.82, 2.24) is 10.3 Å². The Balaban J connectivity index is 2.18. The molecule has 2 rings (SSSR count). The van der Waals surface area contributed by atoms with Crippen LogP contribution in [-0.2, 0) is 16.4 Å². The summed E-state index contributed by atoms with van der Waals surface area (Å²) in [6, 6.07) is 6.63. The van der Waals surface area contributed by atoms with Crippen LogP contribution >= 0.6 is 22.9 Å². The number of halogens is 1. The van der Waals surface area contributed by atoms with Gasteiger partial charge in [-0.3, -0.25) is 4.72 Å². The number of nitrogens with zero attached hydrogens (tertiary/aromatic N) is 1. The number of pyridine rings is 1. The molecule has 0 amide bonds. The van der Waals surface area contributed by atoms with E-state index >= 15 is 0 Å². The van der Waals surface area contributed by atoms with Crippen LogP contribution in [0.2, 0.25) is 5.02 Å². The lowest BCUT2D eigenvalue weighted by molar-refractivity contribution is 0.603. The first-order valence-corrected chi connectivity index (χ1v) is 8.57. The normalized spacial score (nSPS) is 11.5. The molecule has 0 unspecified atom stereocenters. The predicted octanol–water partition coefficient (Wildman–Crippen LogP) is 2.36. The van der Waals surface area contributed by atoms with Crippen molar-refractivity contribution in [2.75, 3.05) is 18.3 Å². The first-order valence-electron chi connectivity index (χ1n) is 5.89. The maximum Gasteiger partial charge on any atom is 0.272 e. The van der Waals surface area contributed by atoms with E-state index in [1.54, 1.807) is 18.2 Å². The molecule has 20 heavy (non-hydrogen) atoms. The molecule has 108 valence electrons. The Bertz CT molecular complexity index is 686. The van der Waals surface area contributed by atoms with Crippen molar-refractivity contribution >= 4 is 38.8 Å². The minimum Gasteiger partial charge on any atom is -0.319 e. The first-order chi connectivity index (χ1) is 9.53. The molecule has 0 aromatic carbocycles. The average Bonchev–Trinajstić information content (AvgIpc) is 2.88. The summed E-state index contributed by atoms with van der Waals surface area (Å²) >= 11 is 7.14. The van der Waals surface area contributed by atoms with Crippen molar-refractivity contribution in [3.63, 3.8) is 0 Å². The number of sulfonamides is 1. The Morgan fingerprint density at radius 1 is 1.35 bits per heavy atom. The minimum atomic E-state index is -3.64. The average molecular weight is 332 g/mol. The molecule has 0 atom stereocenters. The van der Waals surface area contributed by atoms with E-state index in [4.69, 9.17) is 11.6 Å². The number of hydrogen-bond acceptors (Lipinski definition) is 5. The second-order valence-electron chi connectivity index (χ2n) is 4.01. The van der Waals surface area contributed by atoms with Gasteiger partial charge in [0.1, 0.15) is 4.21 Å². The van der Waals surface area contributed by atoms with E-state index in [0.29, 0.717) is 0 Å². The molecule has 0 bridgehead atoms. The monoisotopic (exact) mass is 331 g/mol. The molecule has 8 heteroatoms. The van der Waals surface area contributed by atoms with Gasteiger partial charge < -0.3 is 5.32 Å². The van der Waals surface area contributed by atoms with Gasteiger partial charge in [-0.2, -0.15) is 0 Å². The summed E-state index contributed by atoms with van der Waals surface area (Å²) in [5, 5.41) is 3.29. The summed E-state index contributed by atoms with van der Waals surface area (Å²) in [7, 11) is -1.78. The first kappa shape index (κ1) is 15.2. The third kappa shape index (κ3) is 3.69. The van der Waals surface area contributed by atoms with Crippen LogP contribution in [-0.4, -0.2) is 27.0 Å². The van der Waals surface area contributed by atoms with Crippen molar-refractivity contribution < 1.29 is 8.42 Å². The van der Waals surface area contributed by atoms with E-state index in [9.17, 15) is 8.42 Å². The number of hydrogen-bond donors (Lipinski definition) is 2. The Labute approximate surface area is 127 Å². The minimum absolute atomic E-state index is 0.138. The van der Waals surface area contributed by atoms with Crippen molar-refractivity contribution in [2.24, 2.45) is 0 Å². The van der Waals surface area contributed by atoms with Crippen LogP contribution in [0.3, 0.4) is 0 Å². The molecule has 0 spiro atoms. The third-order valence-electron chi connectivity index (χ3n) is 2.51. The van der Waals surface area contributed by atoms with Crippen LogP contribution in [0.15, 0.2) is 34.7 Å². The third-order valence-corrected chi connectivity index (χ3v) is 5.79. The lowest BCUT2D eigenvalue weighted by Crippen LogP contribution is -2.12. The summed E-state index contributed by atoms with van der Waals surface area (Å²) < 4.78 is 27.1. The molecular formula is C12H14ClN3O2S2. The molecule has 2 N–H and O–H groups in total. The van der Waals surface area contributed by atoms with Crippen molar-refractivity contribution in [1.29, 1.82) is 0 Å². The van der Waals surface area contributed by atoms with E-state index in [0.717, 1.165) is 17.8 Å². The maximum atomic E-state index is 12.2. The van der Waals surface area contributed by atoms with Crippen LogP contribution in [0.25, 0.3) is 0 Å². The zero-order chi connectivity index (χ0) is 14.6. The molecule has 5 nitrogen and oxygen atoms in total. The van der Waals surface area contributed by atoms with Crippen molar-refractivity contribution in [2.45, 2.75) is 10.6 Å². The molecular weight excluding hydrogens is 318 g/mol. The molecule has 2 aromatic rings. The molecule has 0 saturated heterocycles. The largest absolute Gasteiger partial charge is 0.319 e. The number of likely N-dealkylation sites (N-methyl/N-ethyl adjacent to an activating group) is 1. The fourth-order valence-electron chi connectivity index (χ4n) is 1.52. The van der Waals surface area contributed by atoms with Gasteiger partial charge in [-0.15, -0.1) is 11.3 Å². The number of thiophene rings is 1. The van der Waals surface area contributed by atoms with Gasteiger partial charge in [-0.05, 0) is 44.3 Å². The fourth-order valence-corrected chi connectivity index (χ4v) is 4.13. The lowest BCUT2D eigenvalue weighted by atomic mass is 10.3. The molecule has 0 aliphatic carbocycles. The van der Waals surface area contributed by atoms with E-state index in [1.165, 1.54) is 17.5 Å². The lowest BCUT2D eigenvalue weighted by Gasteiger charge is -2.06. The Morgan fingerprint density at radius 2 is 2.15 bits per heavy atom. The van der Waals surface area contributed by atoms with E-state index in [2.05, 4.69) is 15.0 Å². The molecule has 0 aliphatic rings. The SMILES string of the molecule is CNCCc1ccc(S(=O)(=O)Nc2ncccc2Cl)s1. The van der Waals surface area contributed by atoms with E-state index in [-0.39, 0.29) is 15.0 Å².